The van der Waals surface area contributed by atoms with E-state index in [2.05, 4.69) is 16.4 Å². The van der Waals surface area contributed by atoms with Gasteiger partial charge in [0.1, 0.15) is 5.66 Å². The van der Waals surface area contributed by atoms with Gasteiger partial charge in [0.15, 0.2) is 0 Å². The fourth-order valence-electron chi connectivity index (χ4n) is 2.00. The standard InChI is InChI=1S/C14H13N3/c15-14(13-7-3-4-10-16-13)9-8-11-5-1-2-6-12(11)17-14/h1-10,17H,15H2. The van der Waals surface area contributed by atoms with Crippen LogP contribution in [0.3, 0.4) is 0 Å². The average molecular weight is 223 g/mol. The molecule has 3 nitrogen and oxygen atoms in total. The first-order valence-corrected chi connectivity index (χ1v) is 5.55. The van der Waals surface area contributed by atoms with Crippen LogP contribution in [-0.4, -0.2) is 4.98 Å². The van der Waals surface area contributed by atoms with Crippen molar-refractivity contribution in [2.45, 2.75) is 5.66 Å². The van der Waals surface area contributed by atoms with Crippen LogP contribution >= 0.6 is 0 Å². The van der Waals surface area contributed by atoms with Gasteiger partial charge < -0.3 is 11.1 Å². The summed E-state index contributed by atoms with van der Waals surface area (Å²) in [4.78, 5) is 4.31. The van der Waals surface area contributed by atoms with Gasteiger partial charge in [-0.3, -0.25) is 4.98 Å². The Morgan fingerprint density at radius 2 is 1.88 bits per heavy atom. The number of hydrogen-bond donors (Lipinski definition) is 2. The van der Waals surface area contributed by atoms with E-state index >= 15 is 0 Å². The van der Waals surface area contributed by atoms with Gasteiger partial charge in [-0.2, -0.15) is 0 Å². The molecule has 1 aromatic carbocycles. The van der Waals surface area contributed by atoms with Gasteiger partial charge in [-0.05, 0) is 29.8 Å². The zero-order chi connectivity index (χ0) is 11.7. The van der Waals surface area contributed by atoms with Gasteiger partial charge in [0.25, 0.3) is 0 Å². The number of hydrogen-bond acceptors (Lipinski definition) is 3. The van der Waals surface area contributed by atoms with Crippen LogP contribution in [0.25, 0.3) is 6.08 Å². The minimum Gasteiger partial charge on any atom is -0.359 e. The third-order valence-electron chi connectivity index (χ3n) is 2.92. The molecule has 0 saturated carbocycles. The molecule has 0 amide bonds. The number of para-hydroxylation sites is 1. The number of aromatic nitrogens is 1. The first-order chi connectivity index (χ1) is 8.28. The number of nitrogens with zero attached hydrogens (tertiary/aromatic N) is 1. The largest absolute Gasteiger partial charge is 0.359 e. The van der Waals surface area contributed by atoms with Crippen LogP contribution in [0.2, 0.25) is 0 Å². The number of rotatable bonds is 1. The van der Waals surface area contributed by atoms with Crippen LogP contribution in [0.15, 0.2) is 54.7 Å². The lowest BCUT2D eigenvalue weighted by Gasteiger charge is -2.31. The molecule has 1 aliphatic rings. The molecule has 2 heterocycles. The second-order valence-electron chi connectivity index (χ2n) is 4.13. The minimum atomic E-state index is -0.727. The summed E-state index contributed by atoms with van der Waals surface area (Å²) in [6.07, 6.45) is 5.72. The van der Waals surface area contributed by atoms with Gasteiger partial charge in [-0.15, -0.1) is 0 Å². The van der Waals surface area contributed by atoms with Crippen LogP contribution in [0.5, 0.6) is 0 Å². The fourth-order valence-corrected chi connectivity index (χ4v) is 2.00. The summed E-state index contributed by atoms with van der Waals surface area (Å²) in [5.41, 5.74) is 8.59. The molecular weight excluding hydrogens is 210 g/mol. The average Bonchev–Trinajstić information content (AvgIpc) is 2.40. The molecule has 2 aromatic rings. The summed E-state index contributed by atoms with van der Waals surface area (Å²) in [5, 5.41) is 3.32. The van der Waals surface area contributed by atoms with Gasteiger partial charge in [-0.25, -0.2) is 0 Å². The van der Waals surface area contributed by atoms with Crippen LogP contribution < -0.4 is 11.1 Å². The van der Waals surface area contributed by atoms with E-state index < -0.39 is 5.66 Å². The highest BCUT2D eigenvalue weighted by molar-refractivity contribution is 5.72. The lowest BCUT2D eigenvalue weighted by Crippen LogP contribution is -2.44. The van der Waals surface area contributed by atoms with Crippen molar-refractivity contribution < 1.29 is 0 Å². The zero-order valence-corrected chi connectivity index (χ0v) is 9.30. The molecule has 0 saturated heterocycles. The predicted octanol–water partition coefficient (Wildman–Crippen LogP) is 2.33. The molecule has 1 aliphatic heterocycles. The molecular formula is C14H13N3. The Labute approximate surface area is 100.0 Å². The minimum absolute atomic E-state index is 0.727. The number of pyridine rings is 1. The Bertz CT molecular complexity index is 563. The van der Waals surface area contributed by atoms with Crippen LogP contribution in [0.1, 0.15) is 11.3 Å². The maximum Gasteiger partial charge on any atom is 0.149 e. The summed E-state index contributed by atoms with van der Waals surface area (Å²) in [6, 6.07) is 13.8. The van der Waals surface area contributed by atoms with E-state index in [4.69, 9.17) is 5.73 Å². The predicted molar refractivity (Wildman–Crippen MR) is 69.2 cm³/mol. The molecule has 0 radical (unpaired) electrons. The van der Waals surface area contributed by atoms with Crippen molar-refractivity contribution >= 4 is 11.8 Å². The molecule has 0 fully saturated rings. The van der Waals surface area contributed by atoms with E-state index in [0.717, 1.165) is 16.9 Å². The summed E-state index contributed by atoms with van der Waals surface area (Å²) in [7, 11) is 0. The van der Waals surface area contributed by atoms with Crippen molar-refractivity contribution in [3.63, 3.8) is 0 Å². The van der Waals surface area contributed by atoms with Crippen molar-refractivity contribution in [2.75, 3.05) is 5.32 Å². The highest BCUT2D eigenvalue weighted by Gasteiger charge is 2.28. The molecule has 3 rings (SSSR count). The maximum atomic E-state index is 6.33. The van der Waals surface area contributed by atoms with E-state index in [9.17, 15) is 0 Å². The first kappa shape index (κ1) is 10.1. The zero-order valence-electron chi connectivity index (χ0n) is 9.30. The van der Waals surface area contributed by atoms with E-state index in [0.29, 0.717) is 0 Å². The van der Waals surface area contributed by atoms with Gasteiger partial charge in [-0.1, -0.05) is 30.3 Å². The second-order valence-corrected chi connectivity index (χ2v) is 4.13. The molecule has 3 N–H and O–H groups in total. The molecule has 1 aromatic heterocycles. The summed E-state index contributed by atoms with van der Waals surface area (Å²) >= 11 is 0. The third-order valence-corrected chi connectivity index (χ3v) is 2.92. The molecule has 3 heteroatoms. The van der Waals surface area contributed by atoms with Crippen LogP contribution in [-0.2, 0) is 5.66 Å². The number of anilines is 1. The quantitative estimate of drug-likeness (QED) is 0.780. The van der Waals surface area contributed by atoms with E-state index in [1.807, 2.05) is 48.6 Å². The summed E-state index contributed by atoms with van der Waals surface area (Å²) in [6.45, 7) is 0. The molecule has 17 heavy (non-hydrogen) atoms. The lowest BCUT2D eigenvalue weighted by atomic mass is 9.98. The normalized spacial score (nSPS) is 21.7. The van der Waals surface area contributed by atoms with Gasteiger partial charge in [0, 0.05) is 11.9 Å². The monoisotopic (exact) mass is 223 g/mol. The maximum absolute atomic E-state index is 6.33. The smallest absolute Gasteiger partial charge is 0.149 e. The summed E-state index contributed by atoms with van der Waals surface area (Å²) in [5.74, 6) is 0. The molecule has 1 atom stereocenters. The number of benzene rings is 1. The number of nitrogens with two attached hydrogens (primary N) is 1. The third kappa shape index (κ3) is 1.70. The summed E-state index contributed by atoms with van der Waals surface area (Å²) < 4.78 is 0. The molecule has 84 valence electrons. The van der Waals surface area contributed by atoms with E-state index in [1.54, 1.807) is 6.20 Å². The Balaban J connectivity index is 2.04. The van der Waals surface area contributed by atoms with Crippen molar-refractivity contribution in [3.8, 4) is 0 Å². The number of nitrogens with one attached hydrogen (secondary N) is 1. The van der Waals surface area contributed by atoms with Gasteiger partial charge in [0.05, 0.1) is 5.69 Å². The Morgan fingerprint density at radius 1 is 1.06 bits per heavy atom. The first-order valence-electron chi connectivity index (χ1n) is 5.55. The van der Waals surface area contributed by atoms with Crippen molar-refractivity contribution in [2.24, 2.45) is 5.73 Å². The fraction of sp³-hybridized carbons (Fsp3) is 0.0714. The topological polar surface area (TPSA) is 50.9 Å². The Morgan fingerprint density at radius 3 is 2.71 bits per heavy atom. The van der Waals surface area contributed by atoms with Crippen LogP contribution in [0.4, 0.5) is 5.69 Å². The highest BCUT2D eigenvalue weighted by Crippen LogP contribution is 2.30. The Hall–Kier alpha value is -2.13. The van der Waals surface area contributed by atoms with Gasteiger partial charge >= 0.3 is 0 Å². The Kier molecular flexibility index (Phi) is 2.20. The molecule has 0 bridgehead atoms. The van der Waals surface area contributed by atoms with Crippen LogP contribution in [0, 0.1) is 0 Å². The van der Waals surface area contributed by atoms with E-state index in [-0.39, 0.29) is 0 Å². The molecule has 0 spiro atoms. The molecule has 1 unspecified atom stereocenters. The van der Waals surface area contributed by atoms with Crippen molar-refractivity contribution in [1.82, 2.24) is 4.98 Å². The second kappa shape index (κ2) is 3.71. The number of fused-ring (bicyclic) bond motifs is 1. The highest BCUT2D eigenvalue weighted by atomic mass is 15.1. The molecule has 0 aliphatic carbocycles. The van der Waals surface area contributed by atoms with Gasteiger partial charge in [0.2, 0.25) is 0 Å². The van der Waals surface area contributed by atoms with E-state index in [1.165, 1.54) is 0 Å². The SMILES string of the molecule is NC1(c2ccccn2)C=Cc2ccccc2N1. The van der Waals surface area contributed by atoms with Crippen molar-refractivity contribution in [1.29, 1.82) is 0 Å². The lowest BCUT2D eigenvalue weighted by molar-refractivity contribution is 0.624. The van der Waals surface area contributed by atoms with Crippen molar-refractivity contribution in [3.05, 3.63) is 66.0 Å².